The highest BCUT2D eigenvalue weighted by Gasteiger charge is 2.05. The number of phenolic OH excluding ortho intramolecular Hbond substituents is 1. The van der Waals surface area contributed by atoms with Crippen molar-refractivity contribution in [3.05, 3.63) is 54.9 Å². The smallest absolute Gasteiger partial charge is 0.142 e. The van der Waals surface area contributed by atoms with E-state index in [0.29, 0.717) is 5.75 Å². The average molecular weight is 451 g/mol. The second-order valence-electron chi connectivity index (χ2n) is 3.76. The molecule has 1 N–H and O–H groups in total. The normalized spacial score (nSPS) is 10.5. The van der Waals surface area contributed by atoms with E-state index in [-0.39, 0.29) is 0 Å². The number of pyridine rings is 1. The first-order valence-corrected chi connectivity index (χ1v) is 7.38. The van der Waals surface area contributed by atoms with E-state index in [4.69, 9.17) is 0 Å². The predicted molar refractivity (Wildman–Crippen MR) is 85.2 cm³/mol. The maximum Gasteiger partial charge on any atom is 0.142 e. The number of halogens is 2. The fourth-order valence-corrected chi connectivity index (χ4v) is 3.50. The van der Waals surface area contributed by atoms with Crippen molar-refractivity contribution in [1.29, 1.82) is 0 Å². The van der Waals surface area contributed by atoms with Crippen LogP contribution in [0.15, 0.2) is 36.7 Å². The molecule has 0 unspecified atom stereocenters. The van der Waals surface area contributed by atoms with Gasteiger partial charge in [-0.25, -0.2) is 0 Å². The molecule has 0 saturated carbocycles. The van der Waals surface area contributed by atoms with Crippen LogP contribution in [0.25, 0.3) is 0 Å². The molecule has 0 spiro atoms. The van der Waals surface area contributed by atoms with Crippen molar-refractivity contribution in [2.45, 2.75) is 12.8 Å². The van der Waals surface area contributed by atoms with E-state index >= 15 is 0 Å². The Bertz CT molecular complexity index is 491. The van der Waals surface area contributed by atoms with Crippen LogP contribution in [-0.2, 0) is 12.8 Å². The van der Waals surface area contributed by atoms with E-state index in [2.05, 4.69) is 50.2 Å². The molecular weight excluding hydrogens is 440 g/mol. The maximum absolute atomic E-state index is 9.69. The number of benzene rings is 1. The number of hydrogen-bond donors (Lipinski definition) is 1. The topological polar surface area (TPSA) is 33.1 Å². The highest BCUT2D eigenvalue weighted by molar-refractivity contribution is 14.1. The van der Waals surface area contributed by atoms with Gasteiger partial charge in [-0.15, -0.1) is 0 Å². The molecule has 0 aliphatic carbocycles. The van der Waals surface area contributed by atoms with Crippen LogP contribution < -0.4 is 0 Å². The Morgan fingerprint density at radius 1 is 0.941 bits per heavy atom. The van der Waals surface area contributed by atoms with Crippen molar-refractivity contribution in [2.75, 3.05) is 0 Å². The van der Waals surface area contributed by atoms with E-state index in [1.54, 1.807) is 0 Å². The molecule has 2 nitrogen and oxygen atoms in total. The number of hydrogen-bond acceptors (Lipinski definition) is 2. The number of phenols is 1. The van der Waals surface area contributed by atoms with Crippen LogP contribution in [0.5, 0.6) is 5.75 Å². The lowest BCUT2D eigenvalue weighted by Gasteiger charge is -2.06. The zero-order chi connectivity index (χ0) is 12.3. The van der Waals surface area contributed by atoms with Crippen LogP contribution in [0, 0.1) is 7.14 Å². The van der Waals surface area contributed by atoms with E-state index in [1.807, 2.05) is 36.7 Å². The zero-order valence-electron chi connectivity index (χ0n) is 9.03. The van der Waals surface area contributed by atoms with E-state index in [1.165, 1.54) is 11.1 Å². The molecule has 2 rings (SSSR count). The second-order valence-corrected chi connectivity index (χ2v) is 6.09. The third-order valence-corrected chi connectivity index (χ3v) is 4.17. The van der Waals surface area contributed by atoms with Crippen molar-refractivity contribution in [3.8, 4) is 5.75 Å². The predicted octanol–water partition coefficient (Wildman–Crippen LogP) is 3.78. The summed E-state index contributed by atoms with van der Waals surface area (Å²) in [6, 6.07) is 8.16. The Hall–Kier alpha value is -0.370. The molecule has 0 saturated heterocycles. The summed E-state index contributed by atoms with van der Waals surface area (Å²) in [6.45, 7) is 0. The lowest BCUT2D eigenvalue weighted by molar-refractivity contribution is 0.467. The summed E-state index contributed by atoms with van der Waals surface area (Å²) in [7, 11) is 0. The highest BCUT2D eigenvalue weighted by atomic mass is 127. The van der Waals surface area contributed by atoms with Gasteiger partial charge in [0.15, 0.2) is 0 Å². The Kier molecular flexibility index (Phi) is 4.61. The molecule has 0 amide bonds. The summed E-state index contributed by atoms with van der Waals surface area (Å²) in [6.07, 6.45) is 5.62. The van der Waals surface area contributed by atoms with E-state index in [0.717, 1.165) is 20.0 Å². The van der Waals surface area contributed by atoms with Gasteiger partial charge in [-0.3, -0.25) is 4.98 Å². The summed E-state index contributed by atoms with van der Waals surface area (Å²) < 4.78 is 1.83. The third-order valence-electron chi connectivity index (χ3n) is 2.53. The lowest BCUT2D eigenvalue weighted by Crippen LogP contribution is -1.93. The fraction of sp³-hybridized carbons (Fsp3) is 0.154. The summed E-state index contributed by atoms with van der Waals surface area (Å²) >= 11 is 4.33. The largest absolute Gasteiger partial charge is 0.506 e. The zero-order valence-corrected chi connectivity index (χ0v) is 13.3. The monoisotopic (exact) mass is 451 g/mol. The van der Waals surface area contributed by atoms with Gasteiger partial charge in [-0.1, -0.05) is 0 Å². The van der Waals surface area contributed by atoms with Gasteiger partial charge in [0, 0.05) is 12.4 Å². The SMILES string of the molecule is Oc1c(I)cc(CCc2ccncc2)cc1I. The van der Waals surface area contributed by atoms with Gasteiger partial charge in [-0.05, 0) is 93.4 Å². The van der Waals surface area contributed by atoms with Crippen LogP contribution >= 0.6 is 45.2 Å². The third kappa shape index (κ3) is 3.54. The first-order chi connectivity index (χ1) is 8.16. The molecule has 0 aliphatic heterocycles. The number of rotatable bonds is 3. The standard InChI is InChI=1S/C13H11I2NO/c14-11-7-10(8-12(15)13(11)17)2-1-9-3-5-16-6-4-9/h3-8,17H,1-2H2. The minimum Gasteiger partial charge on any atom is -0.506 e. The first kappa shape index (κ1) is 13.1. The van der Waals surface area contributed by atoms with Crippen molar-refractivity contribution in [1.82, 2.24) is 4.98 Å². The minimum atomic E-state index is 0.388. The molecule has 88 valence electrons. The Morgan fingerprint density at radius 2 is 1.47 bits per heavy atom. The van der Waals surface area contributed by atoms with Gasteiger partial charge in [-0.2, -0.15) is 0 Å². The highest BCUT2D eigenvalue weighted by Crippen LogP contribution is 2.27. The van der Waals surface area contributed by atoms with Crippen molar-refractivity contribution in [2.24, 2.45) is 0 Å². The summed E-state index contributed by atoms with van der Waals surface area (Å²) in [4.78, 5) is 4.00. The van der Waals surface area contributed by atoms with Crippen LogP contribution in [0.4, 0.5) is 0 Å². The second kappa shape index (κ2) is 5.99. The van der Waals surface area contributed by atoms with Crippen LogP contribution in [0.1, 0.15) is 11.1 Å². The molecule has 0 fully saturated rings. The summed E-state index contributed by atoms with van der Waals surface area (Å²) in [5, 5.41) is 9.69. The molecule has 0 radical (unpaired) electrons. The maximum atomic E-state index is 9.69. The molecule has 4 heteroatoms. The van der Waals surface area contributed by atoms with E-state index < -0.39 is 0 Å². The van der Waals surface area contributed by atoms with Gasteiger partial charge >= 0.3 is 0 Å². The van der Waals surface area contributed by atoms with Crippen molar-refractivity contribution in [3.63, 3.8) is 0 Å². The molecule has 1 heterocycles. The molecule has 0 atom stereocenters. The van der Waals surface area contributed by atoms with Gasteiger partial charge < -0.3 is 5.11 Å². The van der Waals surface area contributed by atoms with E-state index in [9.17, 15) is 5.11 Å². The number of aromatic nitrogens is 1. The minimum absolute atomic E-state index is 0.388. The Morgan fingerprint density at radius 3 is 2.06 bits per heavy atom. The molecule has 0 aliphatic rings. The van der Waals surface area contributed by atoms with Crippen LogP contribution in [0.2, 0.25) is 0 Å². The first-order valence-electron chi connectivity index (χ1n) is 5.22. The van der Waals surface area contributed by atoms with Crippen LogP contribution in [-0.4, -0.2) is 10.1 Å². The van der Waals surface area contributed by atoms with Gasteiger partial charge in [0.25, 0.3) is 0 Å². The number of aromatic hydroxyl groups is 1. The molecule has 2 aromatic rings. The van der Waals surface area contributed by atoms with Gasteiger partial charge in [0.2, 0.25) is 0 Å². The Labute approximate surface area is 128 Å². The molecule has 17 heavy (non-hydrogen) atoms. The van der Waals surface area contributed by atoms with Crippen molar-refractivity contribution < 1.29 is 5.11 Å². The summed E-state index contributed by atoms with van der Waals surface area (Å²) in [5.74, 6) is 0.388. The van der Waals surface area contributed by atoms with Crippen LogP contribution in [0.3, 0.4) is 0 Å². The lowest BCUT2D eigenvalue weighted by atomic mass is 10.1. The molecular formula is C13H11I2NO. The van der Waals surface area contributed by atoms with Gasteiger partial charge in [0.05, 0.1) is 7.14 Å². The number of aryl methyl sites for hydroxylation is 2. The quantitative estimate of drug-likeness (QED) is 0.722. The summed E-state index contributed by atoms with van der Waals surface area (Å²) in [5.41, 5.74) is 2.55. The molecule has 1 aromatic carbocycles. The average Bonchev–Trinajstić information content (AvgIpc) is 2.34. The molecule has 0 bridgehead atoms. The Balaban J connectivity index is 2.10. The number of nitrogens with zero attached hydrogens (tertiary/aromatic N) is 1. The van der Waals surface area contributed by atoms with Gasteiger partial charge in [0.1, 0.15) is 5.75 Å². The fourth-order valence-electron chi connectivity index (χ4n) is 1.60. The molecule has 1 aromatic heterocycles. The van der Waals surface area contributed by atoms with Crippen molar-refractivity contribution >= 4 is 45.2 Å².